The molecule has 35 heavy (non-hydrogen) atoms. The number of hydrogen-bond acceptors (Lipinski definition) is 3. The summed E-state index contributed by atoms with van der Waals surface area (Å²) in [7, 11) is 0. The number of imide groups is 1. The lowest BCUT2D eigenvalue weighted by Crippen LogP contribution is -2.45. The Balaban J connectivity index is 1.49. The van der Waals surface area contributed by atoms with Crippen LogP contribution in [0.2, 0.25) is 0 Å². The third-order valence-electron chi connectivity index (χ3n) is 6.93. The Bertz CT molecular complexity index is 1050. The molecular formula is C31H36N2O2. The highest BCUT2D eigenvalue weighted by Gasteiger charge is 2.30. The van der Waals surface area contributed by atoms with Crippen LogP contribution in [0.25, 0.3) is 0 Å². The summed E-state index contributed by atoms with van der Waals surface area (Å²) in [6.07, 6.45) is 6.03. The van der Waals surface area contributed by atoms with Gasteiger partial charge in [-0.1, -0.05) is 98.1 Å². The summed E-state index contributed by atoms with van der Waals surface area (Å²) in [5.74, 6) is -0.214. The van der Waals surface area contributed by atoms with E-state index in [1.807, 2.05) is 30.3 Å². The summed E-state index contributed by atoms with van der Waals surface area (Å²) in [5, 5.41) is 0. The zero-order chi connectivity index (χ0) is 24.3. The lowest BCUT2D eigenvalue weighted by molar-refractivity contribution is -0.134. The number of hydrogen-bond donors (Lipinski definition) is 0. The van der Waals surface area contributed by atoms with Crippen LogP contribution in [-0.4, -0.2) is 41.2 Å². The Morgan fingerprint density at radius 3 is 1.86 bits per heavy atom. The van der Waals surface area contributed by atoms with Gasteiger partial charge in [-0.2, -0.15) is 0 Å². The molecule has 0 saturated heterocycles. The molecule has 0 bridgehead atoms. The van der Waals surface area contributed by atoms with E-state index in [4.69, 9.17) is 0 Å². The van der Waals surface area contributed by atoms with Gasteiger partial charge in [-0.15, -0.1) is 0 Å². The molecule has 0 N–H and O–H groups in total. The molecule has 3 aromatic carbocycles. The predicted octanol–water partition coefficient (Wildman–Crippen LogP) is 5.98. The zero-order valence-corrected chi connectivity index (χ0v) is 20.5. The topological polar surface area (TPSA) is 40.6 Å². The van der Waals surface area contributed by atoms with E-state index in [2.05, 4.69) is 53.4 Å². The molecular weight excluding hydrogens is 432 g/mol. The SMILES string of the molecule is O=C(c1ccccc1)N(CCN(CCc1ccccc1)Cc1ccccc1)C(=O)C1CCCCC1. The van der Waals surface area contributed by atoms with E-state index < -0.39 is 0 Å². The van der Waals surface area contributed by atoms with Crippen LogP contribution < -0.4 is 0 Å². The first-order valence-electron chi connectivity index (χ1n) is 12.9. The molecule has 4 rings (SSSR count). The Hall–Kier alpha value is -3.24. The van der Waals surface area contributed by atoms with Crippen molar-refractivity contribution in [2.75, 3.05) is 19.6 Å². The second-order valence-electron chi connectivity index (χ2n) is 9.49. The standard InChI is InChI=1S/C31H36N2O2/c34-30(28-17-9-3-10-18-28)33(31(35)29-19-11-4-12-20-29)24-23-32(25-27-15-7-2-8-16-27)22-21-26-13-5-1-6-14-26/h1-3,5-10,13-18,29H,4,11-12,19-25H2. The van der Waals surface area contributed by atoms with Gasteiger partial charge in [0.2, 0.25) is 5.91 Å². The molecule has 0 aromatic heterocycles. The summed E-state index contributed by atoms with van der Waals surface area (Å²) in [6.45, 7) is 2.71. The average molecular weight is 469 g/mol. The molecule has 0 spiro atoms. The van der Waals surface area contributed by atoms with Gasteiger partial charge in [-0.3, -0.25) is 19.4 Å². The number of amides is 2. The van der Waals surface area contributed by atoms with Crippen molar-refractivity contribution in [2.45, 2.75) is 45.1 Å². The smallest absolute Gasteiger partial charge is 0.260 e. The molecule has 0 radical (unpaired) electrons. The predicted molar refractivity (Wildman–Crippen MR) is 141 cm³/mol. The van der Waals surface area contributed by atoms with Crippen molar-refractivity contribution >= 4 is 11.8 Å². The lowest BCUT2D eigenvalue weighted by Gasteiger charge is -2.30. The molecule has 4 nitrogen and oxygen atoms in total. The Morgan fingerprint density at radius 1 is 0.657 bits per heavy atom. The van der Waals surface area contributed by atoms with Crippen LogP contribution in [0.4, 0.5) is 0 Å². The molecule has 3 aromatic rings. The van der Waals surface area contributed by atoms with Gasteiger partial charge < -0.3 is 0 Å². The summed E-state index contributed by atoms with van der Waals surface area (Å²) >= 11 is 0. The second kappa shape index (κ2) is 13.0. The van der Waals surface area contributed by atoms with Crippen LogP contribution in [0.3, 0.4) is 0 Å². The molecule has 0 heterocycles. The zero-order valence-electron chi connectivity index (χ0n) is 20.5. The molecule has 2 amide bonds. The van der Waals surface area contributed by atoms with Crippen molar-refractivity contribution in [2.24, 2.45) is 5.92 Å². The Labute approximate surface area is 209 Å². The largest absolute Gasteiger partial charge is 0.297 e. The van der Waals surface area contributed by atoms with Crippen molar-refractivity contribution in [3.05, 3.63) is 108 Å². The fraction of sp³-hybridized carbons (Fsp3) is 0.355. The molecule has 1 aliphatic rings. The van der Waals surface area contributed by atoms with Gasteiger partial charge in [0.05, 0.1) is 0 Å². The highest BCUT2D eigenvalue weighted by molar-refractivity contribution is 6.05. The van der Waals surface area contributed by atoms with Crippen molar-refractivity contribution in [1.29, 1.82) is 0 Å². The number of carbonyl (C=O) groups is 2. The lowest BCUT2D eigenvalue weighted by atomic mass is 9.88. The molecule has 0 atom stereocenters. The van der Waals surface area contributed by atoms with Crippen molar-refractivity contribution < 1.29 is 9.59 Å². The fourth-order valence-electron chi connectivity index (χ4n) is 4.90. The van der Waals surface area contributed by atoms with Gasteiger partial charge in [0, 0.05) is 37.7 Å². The van der Waals surface area contributed by atoms with Gasteiger partial charge in [-0.25, -0.2) is 0 Å². The van der Waals surface area contributed by atoms with E-state index in [0.717, 1.165) is 45.2 Å². The van der Waals surface area contributed by atoms with Crippen molar-refractivity contribution in [1.82, 2.24) is 9.80 Å². The normalized spacial score (nSPS) is 14.1. The van der Waals surface area contributed by atoms with Crippen molar-refractivity contribution in [3.8, 4) is 0 Å². The molecule has 1 fully saturated rings. The summed E-state index contributed by atoms with van der Waals surface area (Å²) in [5.41, 5.74) is 3.11. The number of rotatable bonds is 10. The summed E-state index contributed by atoms with van der Waals surface area (Å²) in [6, 6.07) is 30.1. The van der Waals surface area contributed by atoms with Gasteiger partial charge >= 0.3 is 0 Å². The fourth-order valence-corrected chi connectivity index (χ4v) is 4.90. The van der Waals surface area contributed by atoms with Crippen LogP contribution in [0, 0.1) is 5.92 Å². The number of nitrogens with zero attached hydrogens (tertiary/aromatic N) is 2. The molecule has 0 aliphatic heterocycles. The molecule has 4 heteroatoms. The summed E-state index contributed by atoms with van der Waals surface area (Å²) < 4.78 is 0. The summed E-state index contributed by atoms with van der Waals surface area (Å²) in [4.78, 5) is 30.9. The first-order valence-corrected chi connectivity index (χ1v) is 12.9. The Kier molecular flexibility index (Phi) is 9.24. The van der Waals surface area contributed by atoms with E-state index in [1.165, 1.54) is 22.4 Å². The molecule has 1 saturated carbocycles. The first kappa shape index (κ1) is 24.9. The molecule has 0 unspecified atom stereocenters. The average Bonchev–Trinajstić information content (AvgIpc) is 2.93. The number of carbonyl (C=O) groups excluding carboxylic acids is 2. The third-order valence-corrected chi connectivity index (χ3v) is 6.93. The maximum absolute atomic E-state index is 13.5. The van der Waals surface area contributed by atoms with E-state index in [0.29, 0.717) is 18.7 Å². The maximum Gasteiger partial charge on any atom is 0.260 e. The van der Waals surface area contributed by atoms with Gasteiger partial charge in [0.15, 0.2) is 0 Å². The minimum Gasteiger partial charge on any atom is -0.297 e. The van der Waals surface area contributed by atoms with Gasteiger partial charge in [0.25, 0.3) is 5.91 Å². The Morgan fingerprint density at radius 2 is 1.23 bits per heavy atom. The van der Waals surface area contributed by atoms with Crippen LogP contribution >= 0.6 is 0 Å². The van der Waals surface area contributed by atoms with Crippen LogP contribution in [0.15, 0.2) is 91.0 Å². The number of benzene rings is 3. The second-order valence-corrected chi connectivity index (χ2v) is 9.49. The maximum atomic E-state index is 13.5. The van der Waals surface area contributed by atoms with E-state index >= 15 is 0 Å². The van der Waals surface area contributed by atoms with Gasteiger partial charge in [0.1, 0.15) is 0 Å². The minimum atomic E-state index is -0.177. The van der Waals surface area contributed by atoms with E-state index in [-0.39, 0.29) is 17.7 Å². The highest BCUT2D eigenvalue weighted by atomic mass is 16.2. The highest BCUT2D eigenvalue weighted by Crippen LogP contribution is 2.26. The van der Waals surface area contributed by atoms with Crippen LogP contribution in [0.1, 0.15) is 53.6 Å². The van der Waals surface area contributed by atoms with E-state index in [9.17, 15) is 9.59 Å². The van der Waals surface area contributed by atoms with E-state index in [1.54, 1.807) is 12.1 Å². The molecule has 182 valence electrons. The van der Waals surface area contributed by atoms with Crippen LogP contribution in [-0.2, 0) is 17.8 Å². The monoisotopic (exact) mass is 468 g/mol. The third kappa shape index (κ3) is 7.37. The molecule has 1 aliphatic carbocycles. The first-order chi connectivity index (χ1) is 17.2. The minimum absolute atomic E-state index is 0.00118. The van der Waals surface area contributed by atoms with Crippen molar-refractivity contribution in [3.63, 3.8) is 0 Å². The van der Waals surface area contributed by atoms with Gasteiger partial charge in [-0.05, 0) is 42.5 Å². The quantitative estimate of drug-likeness (QED) is 0.344. The van der Waals surface area contributed by atoms with Crippen LogP contribution in [0.5, 0.6) is 0 Å².